The van der Waals surface area contributed by atoms with Gasteiger partial charge < -0.3 is 5.73 Å². The minimum absolute atomic E-state index is 0.795. The third kappa shape index (κ3) is 2.36. The van der Waals surface area contributed by atoms with Crippen molar-refractivity contribution in [3.63, 3.8) is 0 Å². The van der Waals surface area contributed by atoms with Crippen molar-refractivity contribution in [2.75, 3.05) is 5.73 Å². The minimum atomic E-state index is 0.795. The van der Waals surface area contributed by atoms with E-state index in [1.807, 2.05) is 18.2 Å². The summed E-state index contributed by atoms with van der Waals surface area (Å²) in [6, 6.07) is 20.9. The summed E-state index contributed by atoms with van der Waals surface area (Å²) in [6.07, 6.45) is 0.865. The Balaban J connectivity index is 1.71. The summed E-state index contributed by atoms with van der Waals surface area (Å²) in [6.45, 7) is 0. The molecule has 0 fully saturated rings. The second-order valence-corrected chi connectivity index (χ2v) is 6.31. The molecule has 0 bridgehead atoms. The van der Waals surface area contributed by atoms with Crippen LogP contribution >= 0.6 is 11.3 Å². The highest BCUT2D eigenvalue weighted by Crippen LogP contribution is 2.26. The Morgan fingerprint density at radius 1 is 0.905 bits per heavy atom. The van der Waals surface area contributed by atoms with Gasteiger partial charge in [-0.2, -0.15) is 0 Å². The highest BCUT2D eigenvalue weighted by atomic mass is 32.1. The van der Waals surface area contributed by atoms with Gasteiger partial charge in [0.1, 0.15) is 0 Å². The molecular weight excluding hydrogens is 276 g/mol. The molecule has 0 amide bonds. The number of nitrogen functional groups attached to an aromatic ring is 1. The summed E-state index contributed by atoms with van der Waals surface area (Å²) < 4.78 is 1.16. The Kier molecular flexibility index (Phi) is 2.86. The van der Waals surface area contributed by atoms with Crippen LogP contribution in [0, 0.1) is 0 Å². The highest BCUT2D eigenvalue weighted by Gasteiger charge is 2.05. The lowest BCUT2D eigenvalue weighted by Gasteiger charge is -2.01. The molecule has 4 rings (SSSR count). The van der Waals surface area contributed by atoms with Crippen molar-refractivity contribution in [3.8, 4) is 0 Å². The SMILES string of the molecule is Nc1ccc2nc(Cc3ccc4ccccc4c3)sc2c1. The van der Waals surface area contributed by atoms with Crippen molar-refractivity contribution in [2.45, 2.75) is 6.42 Å². The van der Waals surface area contributed by atoms with E-state index < -0.39 is 0 Å². The summed E-state index contributed by atoms with van der Waals surface area (Å²) in [4.78, 5) is 4.69. The first-order valence-corrected chi connectivity index (χ1v) is 7.72. The fourth-order valence-electron chi connectivity index (χ4n) is 2.59. The van der Waals surface area contributed by atoms with Gasteiger partial charge in [0.05, 0.1) is 15.2 Å². The molecule has 2 N–H and O–H groups in total. The van der Waals surface area contributed by atoms with Crippen LogP contribution in [0.3, 0.4) is 0 Å². The van der Waals surface area contributed by atoms with E-state index in [9.17, 15) is 0 Å². The van der Waals surface area contributed by atoms with Crippen molar-refractivity contribution in [3.05, 3.63) is 71.2 Å². The van der Waals surface area contributed by atoms with Crippen LogP contribution < -0.4 is 5.73 Å². The van der Waals surface area contributed by atoms with Crippen LogP contribution in [0.1, 0.15) is 10.6 Å². The molecule has 0 unspecified atom stereocenters. The van der Waals surface area contributed by atoms with Crippen LogP contribution in [-0.2, 0) is 6.42 Å². The second-order valence-electron chi connectivity index (χ2n) is 5.19. The van der Waals surface area contributed by atoms with Crippen molar-refractivity contribution >= 4 is 38.0 Å². The molecule has 4 aromatic rings. The first-order chi connectivity index (χ1) is 10.3. The summed E-state index contributed by atoms with van der Waals surface area (Å²) in [7, 11) is 0. The van der Waals surface area contributed by atoms with Crippen LogP contribution in [0.5, 0.6) is 0 Å². The van der Waals surface area contributed by atoms with E-state index in [-0.39, 0.29) is 0 Å². The average molecular weight is 290 g/mol. The average Bonchev–Trinajstić information content (AvgIpc) is 2.88. The Hall–Kier alpha value is -2.39. The van der Waals surface area contributed by atoms with E-state index in [1.165, 1.54) is 16.3 Å². The third-order valence-electron chi connectivity index (χ3n) is 3.63. The first kappa shape index (κ1) is 12.4. The quantitative estimate of drug-likeness (QED) is 0.547. The Labute approximate surface area is 126 Å². The number of thiazole rings is 1. The number of nitrogens with two attached hydrogens (primary N) is 1. The number of rotatable bonds is 2. The molecule has 0 saturated carbocycles. The summed E-state index contributed by atoms with van der Waals surface area (Å²) >= 11 is 1.72. The Morgan fingerprint density at radius 3 is 2.67 bits per heavy atom. The Bertz CT molecular complexity index is 940. The lowest BCUT2D eigenvalue weighted by atomic mass is 10.1. The fraction of sp³-hybridized carbons (Fsp3) is 0.0556. The number of hydrogen-bond acceptors (Lipinski definition) is 3. The van der Waals surface area contributed by atoms with Crippen molar-refractivity contribution < 1.29 is 0 Å². The maximum absolute atomic E-state index is 5.83. The van der Waals surface area contributed by atoms with Gasteiger partial charge in [-0.25, -0.2) is 4.98 Å². The zero-order chi connectivity index (χ0) is 14.2. The lowest BCUT2D eigenvalue weighted by Crippen LogP contribution is -1.87. The van der Waals surface area contributed by atoms with Gasteiger partial charge >= 0.3 is 0 Å². The van der Waals surface area contributed by atoms with Gasteiger partial charge in [0.25, 0.3) is 0 Å². The lowest BCUT2D eigenvalue weighted by molar-refractivity contribution is 1.16. The van der Waals surface area contributed by atoms with Crippen molar-refractivity contribution in [1.29, 1.82) is 0 Å². The van der Waals surface area contributed by atoms with Crippen molar-refractivity contribution in [1.82, 2.24) is 4.98 Å². The normalized spacial score (nSPS) is 11.2. The zero-order valence-corrected chi connectivity index (χ0v) is 12.2. The first-order valence-electron chi connectivity index (χ1n) is 6.90. The summed E-state index contributed by atoms with van der Waals surface area (Å²) in [5.41, 5.74) is 8.95. The predicted molar refractivity (Wildman–Crippen MR) is 90.8 cm³/mol. The van der Waals surface area contributed by atoms with E-state index >= 15 is 0 Å². The molecule has 102 valence electrons. The molecule has 3 aromatic carbocycles. The number of fused-ring (bicyclic) bond motifs is 2. The summed E-state index contributed by atoms with van der Waals surface area (Å²) in [5.74, 6) is 0. The topological polar surface area (TPSA) is 38.9 Å². The monoisotopic (exact) mass is 290 g/mol. The molecule has 1 heterocycles. The van der Waals surface area contributed by atoms with E-state index in [2.05, 4.69) is 42.5 Å². The Morgan fingerprint density at radius 2 is 1.76 bits per heavy atom. The number of anilines is 1. The molecule has 3 heteroatoms. The molecule has 1 aromatic heterocycles. The molecule has 0 spiro atoms. The summed E-state index contributed by atoms with van der Waals surface area (Å²) in [5, 5.41) is 3.68. The maximum Gasteiger partial charge on any atom is 0.0982 e. The molecule has 0 radical (unpaired) electrons. The molecule has 0 saturated heterocycles. The maximum atomic E-state index is 5.83. The number of nitrogens with zero attached hydrogens (tertiary/aromatic N) is 1. The van der Waals surface area contributed by atoms with Crippen LogP contribution in [0.25, 0.3) is 21.0 Å². The molecule has 0 atom stereocenters. The van der Waals surface area contributed by atoms with Gasteiger partial charge in [-0.1, -0.05) is 42.5 Å². The van der Waals surface area contributed by atoms with Crippen LogP contribution in [0.2, 0.25) is 0 Å². The van der Waals surface area contributed by atoms with E-state index in [4.69, 9.17) is 10.7 Å². The molecule has 0 aliphatic carbocycles. The smallest absolute Gasteiger partial charge is 0.0982 e. The van der Waals surface area contributed by atoms with E-state index in [0.717, 1.165) is 27.3 Å². The minimum Gasteiger partial charge on any atom is -0.399 e. The van der Waals surface area contributed by atoms with Gasteiger partial charge in [0.15, 0.2) is 0 Å². The number of benzene rings is 3. The molecule has 2 nitrogen and oxygen atoms in total. The van der Waals surface area contributed by atoms with Gasteiger partial charge in [-0.3, -0.25) is 0 Å². The number of aromatic nitrogens is 1. The predicted octanol–water partition coefficient (Wildman–Crippen LogP) is 4.62. The largest absolute Gasteiger partial charge is 0.399 e. The molecule has 0 aliphatic rings. The second kappa shape index (κ2) is 4.86. The van der Waals surface area contributed by atoms with Crippen LogP contribution in [0.4, 0.5) is 5.69 Å². The zero-order valence-electron chi connectivity index (χ0n) is 11.4. The van der Waals surface area contributed by atoms with E-state index in [1.54, 1.807) is 11.3 Å². The van der Waals surface area contributed by atoms with Crippen LogP contribution in [0.15, 0.2) is 60.7 Å². The van der Waals surface area contributed by atoms with Crippen LogP contribution in [-0.4, -0.2) is 4.98 Å². The molecule has 0 aliphatic heterocycles. The molecule has 21 heavy (non-hydrogen) atoms. The van der Waals surface area contributed by atoms with E-state index in [0.29, 0.717) is 0 Å². The van der Waals surface area contributed by atoms with Gasteiger partial charge in [0, 0.05) is 12.1 Å². The standard InChI is InChI=1S/C18H14N2S/c19-15-7-8-16-17(11-15)21-18(20-16)10-12-5-6-13-3-1-2-4-14(13)9-12/h1-9,11H,10,19H2. The third-order valence-corrected chi connectivity index (χ3v) is 4.64. The molecular formula is C18H14N2S. The highest BCUT2D eigenvalue weighted by molar-refractivity contribution is 7.18. The van der Waals surface area contributed by atoms with Gasteiger partial charge in [-0.15, -0.1) is 11.3 Å². The van der Waals surface area contributed by atoms with Gasteiger partial charge in [-0.05, 0) is 34.5 Å². The fourth-order valence-corrected chi connectivity index (χ4v) is 3.64. The van der Waals surface area contributed by atoms with Gasteiger partial charge in [0.2, 0.25) is 0 Å². The van der Waals surface area contributed by atoms with Crippen molar-refractivity contribution in [2.24, 2.45) is 0 Å². The number of hydrogen-bond donors (Lipinski definition) is 1.